The van der Waals surface area contributed by atoms with Gasteiger partial charge >= 0.3 is 0 Å². The molecule has 2 saturated carbocycles. The van der Waals surface area contributed by atoms with Gasteiger partial charge in [0.05, 0.1) is 27.8 Å². The van der Waals surface area contributed by atoms with Crippen molar-refractivity contribution in [3.05, 3.63) is 151 Å². The fourth-order valence-electron chi connectivity index (χ4n) is 10.2. The van der Waals surface area contributed by atoms with Crippen molar-refractivity contribution < 1.29 is 0 Å². The van der Waals surface area contributed by atoms with Crippen molar-refractivity contribution in [3.8, 4) is 34.4 Å². The molecule has 0 N–H and O–H groups in total. The summed E-state index contributed by atoms with van der Waals surface area (Å²) in [6.45, 7) is 0. The van der Waals surface area contributed by atoms with Gasteiger partial charge in [-0.15, -0.1) is 0 Å². The number of nitrogens with zero attached hydrogens (tertiary/aromatic N) is 5. The van der Waals surface area contributed by atoms with Crippen molar-refractivity contribution in [1.82, 2.24) is 24.1 Å². The van der Waals surface area contributed by atoms with Crippen LogP contribution >= 0.6 is 0 Å². The van der Waals surface area contributed by atoms with Crippen LogP contribution in [-0.4, -0.2) is 24.1 Å². The summed E-state index contributed by atoms with van der Waals surface area (Å²) in [6.07, 6.45) is 12.6. The van der Waals surface area contributed by atoms with Gasteiger partial charge in [-0.25, -0.2) is 4.98 Å². The van der Waals surface area contributed by atoms with E-state index >= 15 is 0 Å². The van der Waals surface area contributed by atoms with Crippen LogP contribution in [0.2, 0.25) is 0 Å². The van der Waals surface area contributed by atoms with E-state index in [2.05, 4.69) is 149 Å². The average molecular weight is 728 g/mol. The summed E-state index contributed by atoms with van der Waals surface area (Å²) in [6, 6.07) is 50.6. The molecular weight excluding hydrogens is 683 g/mol. The molecule has 9 aromatic rings. The maximum absolute atomic E-state index is 5.64. The van der Waals surface area contributed by atoms with Crippen molar-refractivity contribution in [1.29, 1.82) is 0 Å². The zero-order valence-corrected chi connectivity index (χ0v) is 31.7. The molecule has 0 atom stereocenters. The summed E-state index contributed by atoms with van der Waals surface area (Å²) >= 11 is 0. The van der Waals surface area contributed by atoms with Gasteiger partial charge in [0.2, 0.25) is 5.95 Å². The van der Waals surface area contributed by atoms with Gasteiger partial charge in [0, 0.05) is 32.7 Å². The first kappa shape index (κ1) is 33.3. The van der Waals surface area contributed by atoms with Gasteiger partial charge in [-0.1, -0.05) is 142 Å². The number of aromatic nitrogens is 5. The first-order valence-corrected chi connectivity index (χ1v) is 20.8. The Bertz CT molecular complexity index is 2760. The first-order valence-electron chi connectivity index (χ1n) is 20.8. The average Bonchev–Trinajstić information content (AvgIpc) is 3.80. The number of rotatable bonds is 6. The predicted molar refractivity (Wildman–Crippen MR) is 231 cm³/mol. The van der Waals surface area contributed by atoms with Crippen LogP contribution in [0.4, 0.5) is 0 Å². The van der Waals surface area contributed by atoms with E-state index in [1.54, 1.807) is 0 Å². The van der Waals surface area contributed by atoms with Crippen LogP contribution in [0.3, 0.4) is 0 Å². The molecule has 6 aromatic carbocycles. The number of hydrogen-bond donors (Lipinski definition) is 0. The SMILES string of the molecule is c1ccc(-n2c3ccccc3c3ccccc32)c(-c2nc(-c3c(C4CCCCC4)cccc3C3CCCCC3)nc(-n3c4ccccc4c4ccccc43)n2)c1. The maximum Gasteiger partial charge on any atom is 0.238 e. The van der Waals surface area contributed by atoms with Crippen molar-refractivity contribution in [3.63, 3.8) is 0 Å². The van der Waals surface area contributed by atoms with Gasteiger partial charge in [0.1, 0.15) is 0 Å². The van der Waals surface area contributed by atoms with Crippen LogP contribution in [0.25, 0.3) is 78.0 Å². The van der Waals surface area contributed by atoms with Crippen molar-refractivity contribution in [2.24, 2.45) is 0 Å². The molecule has 0 unspecified atom stereocenters. The molecule has 0 saturated heterocycles. The molecule has 0 amide bonds. The number of fused-ring (bicyclic) bond motifs is 6. The predicted octanol–water partition coefficient (Wildman–Crippen LogP) is 13.5. The minimum Gasteiger partial charge on any atom is -0.309 e. The highest BCUT2D eigenvalue weighted by atomic mass is 15.2. The normalized spacial score (nSPS) is 15.7. The van der Waals surface area contributed by atoms with Gasteiger partial charge in [0.15, 0.2) is 11.6 Å². The van der Waals surface area contributed by atoms with Gasteiger partial charge in [0.25, 0.3) is 0 Å². The highest BCUT2D eigenvalue weighted by Crippen LogP contribution is 2.45. The summed E-state index contributed by atoms with van der Waals surface area (Å²) in [7, 11) is 0. The number of hydrogen-bond acceptors (Lipinski definition) is 3. The Morgan fingerprint density at radius 1 is 0.375 bits per heavy atom. The lowest BCUT2D eigenvalue weighted by Crippen LogP contribution is -2.14. The van der Waals surface area contributed by atoms with Crippen LogP contribution in [0.15, 0.2) is 140 Å². The Hall–Kier alpha value is -6.07. The smallest absolute Gasteiger partial charge is 0.238 e. The molecular formula is C51H45N5. The molecule has 0 radical (unpaired) electrons. The standard InChI is InChI=1S/C51H45N5/c1-3-18-34(19-4-1)36-27-17-28-37(35-20-5-2-6-21-35)48(36)50-52-49(53-51(54-50)56-45-31-14-9-24-40(45)41-25-10-15-32-46(41)56)42-26-11-16-33-47(42)55-43-29-12-7-22-38(43)39-23-8-13-30-44(39)55/h7-17,22-35H,1-6,18-21H2. The van der Waals surface area contributed by atoms with Crippen LogP contribution in [0.5, 0.6) is 0 Å². The highest BCUT2D eigenvalue weighted by Gasteiger charge is 2.29. The van der Waals surface area contributed by atoms with Crippen LogP contribution in [-0.2, 0) is 0 Å². The quantitative estimate of drug-likeness (QED) is 0.171. The molecule has 274 valence electrons. The Balaban J connectivity index is 1.23. The third-order valence-corrected chi connectivity index (χ3v) is 12.8. The molecule has 11 rings (SSSR count). The van der Waals surface area contributed by atoms with E-state index in [4.69, 9.17) is 15.0 Å². The van der Waals surface area contributed by atoms with E-state index in [1.807, 2.05) is 0 Å². The Morgan fingerprint density at radius 3 is 1.32 bits per heavy atom. The van der Waals surface area contributed by atoms with E-state index in [0.717, 1.165) is 28.1 Å². The lowest BCUT2D eigenvalue weighted by Gasteiger charge is -2.29. The van der Waals surface area contributed by atoms with Crippen molar-refractivity contribution in [2.45, 2.75) is 76.0 Å². The summed E-state index contributed by atoms with van der Waals surface area (Å²) in [5.41, 5.74) is 10.7. The van der Waals surface area contributed by atoms with Gasteiger partial charge in [-0.3, -0.25) is 4.57 Å². The zero-order valence-electron chi connectivity index (χ0n) is 31.7. The molecule has 0 spiro atoms. The molecule has 2 fully saturated rings. The fraction of sp³-hybridized carbons (Fsp3) is 0.235. The minimum absolute atomic E-state index is 0.504. The lowest BCUT2D eigenvalue weighted by molar-refractivity contribution is 0.436. The topological polar surface area (TPSA) is 48.5 Å². The zero-order chi connectivity index (χ0) is 37.0. The third-order valence-electron chi connectivity index (χ3n) is 12.8. The lowest BCUT2D eigenvalue weighted by atomic mass is 9.76. The highest BCUT2D eigenvalue weighted by molar-refractivity contribution is 6.10. The van der Waals surface area contributed by atoms with Crippen LogP contribution in [0.1, 0.15) is 87.2 Å². The Kier molecular flexibility index (Phi) is 8.26. The van der Waals surface area contributed by atoms with E-state index < -0.39 is 0 Å². The van der Waals surface area contributed by atoms with Crippen LogP contribution < -0.4 is 0 Å². The van der Waals surface area contributed by atoms with E-state index in [1.165, 1.54) is 113 Å². The van der Waals surface area contributed by atoms with E-state index in [-0.39, 0.29) is 0 Å². The number of benzene rings is 6. The van der Waals surface area contributed by atoms with E-state index in [0.29, 0.717) is 23.6 Å². The van der Waals surface area contributed by atoms with Gasteiger partial charge in [-0.05, 0) is 85.0 Å². The van der Waals surface area contributed by atoms with Gasteiger partial charge < -0.3 is 4.57 Å². The largest absolute Gasteiger partial charge is 0.309 e. The molecule has 0 aliphatic heterocycles. The summed E-state index contributed by atoms with van der Waals surface area (Å²) in [4.78, 5) is 16.8. The second-order valence-corrected chi connectivity index (χ2v) is 16.0. The first-order chi connectivity index (χ1) is 27.8. The molecule has 5 nitrogen and oxygen atoms in total. The monoisotopic (exact) mass is 727 g/mol. The number of para-hydroxylation sites is 5. The third kappa shape index (κ3) is 5.47. The Morgan fingerprint density at radius 2 is 0.804 bits per heavy atom. The molecule has 56 heavy (non-hydrogen) atoms. The molecule has 5 heteroatoms. The molecule has 2 aliphatic rings. The van der Waals surface area contributed by atoms with Crippen molar-refractivity contribution >= 4 is 43.6 Å². The maximum atomic E-state index is 5.64. The Labute approximate surface area is 327 Å². The molecule has 3 aromatic heterocycles. The van der Waals surface area contributed by atoms with Crippen molar-refractivity contribution in [2.75, 3.05) is 0 Å². The summed E-state index contributed by atoms with van der Waals surface area (Å²) in [5, 5.41) is 4.86. The van der Waals surface area contributed by atoms with Gasteiger partial charge in [-0.2, -0.15) is 9.97 Å². The summed E-state index contributed by atoms with van der Waals surface area (Å²) < 4.78 is 4.67. The van der Waals surface area contributed by atoms with E-state index in [9.17, 15) is 0 Å². The summed E-state index contributed by atoms with van der Waals surface area (Å²) in [5.74, 6) is 3.16. The minimum atomic E-state index is 0.504. The molecule has 0 bridgehead atoms. The molecule has 2 aliphatic carbocycles. The fourth-order valence-corrected chi connectivity index (χ4v) is 10.2. The molecule has 3 heterocycles. The van der Waals surface area contributed by atoms with Crippen LogP contribution in [0, 0.1) is 0 Å². The second-order valence-electron chi connectivity index (χ2n) is 16.0. The second kappa shape index (κ2) is 13.9.